The minimum atomic E-state index is -0.221. The molecule has 1 atom stereocenters. The maximum absolute atomic E-state index is 13.6. The van der Waals surface area contributed by atoms with Crippen LogP contribution in [0.25, 0.3) is 0 Å². The van der Waals surface area contributed by atoms with Gasteiger partial charge in [0.15, 0.2) is 5.11 Å². The molecule has 0 saturated carbocycles. The van der Waals surface area contributed by atoms with Crippen LogP contribution in [0.1, 0.15) is 70.3 Å². The number of rotatable bonds is 6. The Morgan fingerprint density at radius 1 is 1.00 bits per heavy atom. The van der Waals surface area contributed by atoms with Gasteiger partial charge < -0.3 is 25.2 Å². The Bertz CT molecular complexity index is 1070. The molecule has 38 heavy (non-hydrogen) atoms. The smallest absolute Gasteiger partial charge is 0.232 e. The van der Waals surface area contributed by atoms with Gasteiger partial charge in [-0.15, -0.1) is 0 Å². The van der Waals surface area contributed by atoms with Crippen LogP contribution in [0.5, 0.6) is 0 Å². The predicted molar refractivity (Wildman–Crippen MR) is 156 cm³/mol. The van der Waals surface area contributed by atoms with Crippen molar-refractivity contribution in [1.82, 2.24) is 15.3 Å². The van der Waals surface area contributed by atoms with Crippen molar-refractivity contribution in [2.75, 3.05) is 54.5 Å². The Kier molecular flexibility index (Phi) is 8.94. The topological polar surface area (TPSA) is 65.5 Å². The number of nitrogens with zero attached hydrogens (tertiary/aromatic N) is 4. The third-order valence-electron chi connectivity index (χ3n) is 8.45. The van der Waals surface area contributed by atoms with Crippen LogP contribution in [0.15, 0.2) is 30.3 Å². The average Bonchev–Trinajstić information content (AvgIpc) is 3.23. The van der Waals surface area contributed by atoms with Gasteiger partial charge in [-0.05, 0) is 81.8 Å². The molecule has 9 heteroatoms. The zero-order valence-electron chi connectivity index (χ0n) is 22.6. The number of anilines is 3. The van der Waals surface area contributed by atoms with Crippen LogP contribution in [0.4, 0.5) is 22.0 Å². The molecule has 206 valence electrons. The standard InChI is InChI=1S/C29H41FN6OS/c1-22-8-4-7-17-36(22)26-20-25(35-15-5-2-3-6-16-35)32-27(33-26)34-28(38)31-21-29(13-18-37-19-14-29)23-9-11-24(30)12-10-23/h9-12,20,22H,2-8,13-19,21H2,1H3,(H2,31,32,33,34,38). The largest absolute Gasteiger partial charge is 0.381 e. The number of thiocarbonyl (C=S) groups is 1. The summed E-state index contributed by atoms with van der Waals surface area (Å²) in [5, 5.41) is 7.24. The lowest BCUT2D eigenvalue weighted by Gasteiger charge is -2.38. The molecule has 2 N–H and O–H groups in total. The van der Waals surface area contributed by atoms with E-state index < -0.39 is 0 Å². The second-order valence-corrected chi connectivity index (χ2v) is 11.5. The second kappa shape index (κ2) is 12.6. The van der Waals surface area contributed by atoms with E-state index in [1.54, 1.807) is 0 Å². The maximum atomic E-state index is 13.6. The molecule has 7 nitrogen and oxygen atoms in total. The molecular formula is C29H41FN6OS. The molecule has 0 aliphatic carbocycles. The second-order valence-electron chi connectivity index (χ2n) is 11.1. The lowest BCUT2D eigenvalue weighted by molar-refractivity contribution is 0.0515. The summed E-state index contributed by atoms with van der Waals surface area (Å²) >= 11 is 5.75. The molecule has 3 saturated heterocycles. The first-order valence-electron chi connectivity index (χ1n) is 14.3. The Morgan fingerprint density at radius 2 is 1.68 bits per heavy atom. The summed E-state index contributed by atoms with van der Waals surface area (Å²) in [5.41, 5.74) is 0.944. The molecule has 5 rings (SSSR count). The van der Waals surface area contributed by atoms with E-state index in [1.807, 2.05) is 12.1 Å². The van der Waals surface area contributed by atoms with Crippen molar-refractivity contribution in [3.05, 3.63) is 41.7 Å². The van der Waals surface area contributed by atoms with Crippen molar-refractivity contribution in [1.29, 1.82) is 0 Å². The lowest BCUT2D eigenvalue weighted by atomic mass is 9.74. The van der Waals surface area contributed by atoms with Gasteiger partial charge in [0.1, 0.15) is 17.5 Å². The van der Waals surface area contributed by atoms with Crippen LogP contribution in [0.2, 0.25) is 0 Å². The van der Waals surface area contributed by atoms with Crippen molar-refractivity contribution >= 4 is 34.9 Å². The first-order valence-corrected chi connectivity index (χ1v) is 14.7. The number of benzene rings is 1. The zero-order valence-corrected chi connectivity index (χ0v) is 23.4. The molecule has 0 amide bonds. The van der Waals surface area contributed by atoms with Gasteiger partial charge >= 0.3 is 0 Å². The molecule has 1 unspecified atom stereocenters. The molecule has 3 fully saturated rings. The summed E-state index contributed by atoms with van der Waals surface area (Å²) < 4.78 is 19.3. The molecule has 3 aliphatic rings. The third kappa shape index (κ3) is 6.54. The van der Waals surface area contributed by atoms with Crippen LogP contribution in [0.3, 0.4) is 0 Å². The van der Waals surface area contributed by atoms with Gasteiger partial charge in [0.05, 0.1) is 0 Å². The Labute approximate surface area is 231 Å². The number of hydrogen-bond acceptors (Lipinski definition) is 6. The maximum Gasteiger partial charge on any atom is 0.232 e. The number of piperidine rings is 1. The molecule has 3 aliphatic heterocycles. The number of aromatic nitrogens is 2. The highest BCUT2D eigenvalue weighted by Gasteiger charge is 2.34. The number of hydrogen-bond donors (Lipinski definition) is 2. The van der Waals surface area contributed by atoms with Gasteiger partial charge in [0, 0.05) is 56.9 Å². The highest BCUT2D eigenvalue weighted by molar-refractivity contribution is 7.80. The van der Waals surface area contributed by atoms with Crippen molar-refractivity contribution in [2.24, 2.45) is 0 Å². The van der Waals surface area contributed by atoms with E-state index in [-0.39, 0.29) is 11.2 Å². The van der Waals surface area contributed by atoms with E-state index in [0.717, 1.165) is 49.7 Å². The summed E-state index contributed by atoms with van der Waals surface area (Å²) in [5.74, 6) is 2.28. The highest BCUT2D eigenvalue weighted by Crippen LogP contribution is 2.34. The van der Waals surface area contributed by atoms with Gasteiger partial charge in [0.2, 0.25) is 5.95 Å². The van der Waals surface area contributed by atoms with E-state index in [0.29, 0.717) is 36.9 Å². The van der Waals surface area contributed by atoms with Crippen molar-refractivity contribution < 1.29 is 9.13 Å². The molecule has 0 spiro atoms. The molecule has 4 heterocycles. The van der Waals surface area contributed by atoms with E-state index in [9.17, 15) is 4.39 Å². The zero-order chi connectivity index (χ0) is 26.4. The summed E-state index contributed by atoms with van der Waals surface area (Å²) in [4.78, 5) is 14.7. The summed E-state index contributed by atoms with van der Waals surface area (Å²) in [6.07, 6.45) is 10.3. The van der Waals surface area contributed by atoms with Crippen LogP contribution < -0.4 is 20.4 Å². The predicted octanol–water partition coefficient (Wildman–Crippen LogP) is 5.41. The van der Waals surface area contributed by atoms with Crippen molar-refractivity contribution in [3.8, 4) is 0 Å². The molecular weight excluding hydrogens is 499 g/mol. The average molecular weight is 541 g/mol. The fourth-order valence-electron chi connectivity index (χ4n) is 6.05. The van der Waals surface area contributed by atoms with Gasteiger partial charge in [-0.2, -0.15) is 9.97 Å². The highest BCUT2D eigenvalue weighted by atomic mass is 32.1. The van der Waals surface area contributed by atoms with E-state index in [2.05, 4.69) is 33.4 Å². The number of halogens is 1. The first-order chi connectivity index (χ1) is 18.5. The van der Waals surface area contributed by atoms with E-state index in [1.165, 1.54) is 57.1 Å². The van der Waals surface area contributed by atoms with Crippen LogP contribution in [-0.4, -0.2) is 60.5 Å². The minimum absolute atomic E-state index is 0.166. The SMILES string of the molecule is CC1CCCCN1c1cc(N2CCCCCC2)nc(NC(=S)NCC2(c3ccc(F)cc3)CCOCC2)n1. The fourth-order valence-corrected chi connectivity index (χ4v) is 6.22. The Morgan fingerprint density at radius 3 is 2.39 bits per heavy atom. The third-order valence-corrected chi connectivity index (χ3v) is 8.69. The van der Waals surface area contributed by atoms with Gasteiger partial charge in [0.25, 0.3) is 0 Å². The van der Waals surface area contributed by atoms with E-state index in [4.69, 9.17) is 26.9 Å². The van der Waals surface area contributed by atoms with Crippen LogP contribution in [0, 0.1) is 5.82 Å². The monoisotopic (exact) mass is 540 g/mol. The van der Waals surface area contributed by atoms with Crippen LogP contribution in [-0.2, 0) is 10.2 Å². The summed E-state index contributed by atoms with van der Waals surface area (Å²) in [6, 6.07) is 9.47. The lowest BCUT2D eigenvalue weighted by Crippen LogP contribution is -2.45. The molecule has 1 aromatic carbocycles. The van der Waals surface area contributed by atoms with Gasteiger partial charge in [-0.3, -0.25) is 0 Å². The minimum Gasteiger partial charge on any atom is -0.381 e. The first kappa shape index (κ1) is 27.1. The van der Waals surface area contributed by atoms with Gasteiger partial charge in [-0.25, -0.2) is 4.39 Å². The van der Waals surface area contributed by atoms with Crippen molar-refractivity contribution in [3.63, 3.8) is 0 Å². The Balaban J connectivity index is 1.33. The van der Waals surface area contributed by atoms with Gasteiger partial charge in [-0.1, -0.05) is 25.0 Å². The molecule has 0 bridgehead atoms. The van der Waals surface area contributed by atoms with Crippen molar-refractivity contribution in [2.45, 2.75) is 76.2 Å². The number of ether oxygens (including phenoxy) is 1. The van der Waals surface area contributed by atoms with Crippen LogP contribution >= 0.6 is 12.2 Å². The normalized spacial score (nSPS) is 22.0. The molecule has 0 radical (unpaired) electrons. The Hall–Kier alpha value is -2.52. The summed E-state index contributed by atoms with van der Waals surface area (Å²) in [7, 11) is 0. The van der Waals surface area contributed by atoms with E-state index >= 15 is 0 Å². The summed E-state index contributed by atoms with van der Waals surface area (Å²) in [6.45, 7) is 7.34. The molecule has 1 aromatic heterocycles. The quantitative estimate of drug-likeness (QED) is 0.472. The fraction of sp³-hybridized carbons (Fsp3) is 0.621. The number of nitrogens with one attached hydrogen (secondary N) is 2. The molecule has 2 aromatic rings.